The van der Waals surface area contributed by atoms with Gasteiger partial charge in [0.25, 0.3) is 0 Å². The van der Waals surface area contributed by atoms with Crippen molar-refractivity contribution in [3.8, 4) is 0 Å². The lowest BCUT2D eigenvalue weighted by Gasteiger charge is -2.33. The highest BCUT2D eigenvalue weighted by molar-refractivity contribution is 5.80. The number of carbonyl (C=O) groups is 2. The normalized spacial score (nSPS) is 14.6. The molecule has 0 amide bonds. The summed E-state index contributed by atoms with van der Waals surface area (Å²) in [5, 5.41) is 8.69. The Morgan fingerprint density at radius 2 is 1.63 bits per heavy atom. The molecular formula is C14H26O5. The van der Waals surface area contributed by atoms with Crippen LogP contribution in [0.5, 0.6) is 0 Å². The molecule has 5 nitrogen and oxygen atoms in total. The van der Waals surface area contributed by atoms with Crippen molar-refractivity contribution in [2.45, 2.75) is 47.5 Å². The lowest BCUT2D eigenvalue weighted by Crippen LogP contribution is -2.38. The van der Waals surface area contributed by atoms with Crippen LogP contribution < -0.4 is 0 Å². The highest BCUT2D eigenvalue weighted by Gasteiger charge is 2.42. The molecule has 0 aliphatic carbocycles. The van der Waals surface area contributed by atoms with E-state index < -0.39 is 10.8 Å². The van der Waals surface area contributed by atoms with E-state index in [9.17, 15) is 9.59 Å². The average molecular weight is 274 g/mol. The van der Waals surface area contributed by atoms with Crippen LogP contribution in [0.15, 0.2) is 0 Å². The molecule has 0 aliphatic rings. The molecule has 1 unspecified atom stereocenters. The molecule has 1 N–H and O–H groups in total. The van der Waals surface area contributed by atoms with Crippen molar-refractivity contribution in [1.82, 2.24) is 0 Å². The molecule has 0 fully saturated rings. The van der Waals surface area contributed by atoms with Crippen molar-refractivity contribution < 1.29 is 24.2 Å². The zero-order valence-electron chi connectivity index (χ0n) is 12.6. The van der Waals surface area contributed by atoms with Crippen LogP contribution in [0.25, 0.3) is 0 Å². The molecule has 0 aromatic carbocycles. The largest absolute Gasteiger partial charge is 0.466 e. The first kappa shape index (κ1) is 17.9. The fraction of sp³-hybridized carbons (Fsp3) is 0.857. The van der Waals surface area contributed by atoms with Crippen LogP contribution in [0.2, 0.25) is 0 Å². The van der Waals surface area contributed by atoms with Crippen LogP contribution >= 0.6 is 0 Å². The SMILES string of the molecule is CCOC(=O)C(C)(C)CC(C)(CC)C(=O)OCCO. The van der Waals surface area contributed by atoms with Crippen LogP contribution in [-0.2, 0) is 19.1 Å². The maximum atomic E-state index is 12.0. The second-order valence-electron chi connectivity index (χ2n) is 5.55. The standard InChI is InChI=1S/C14H26O5/c1-6-14(5,12(17)19-9-8-15)10-13(3,4)11(16)18-7-2/h15H,6-10H2,1-5H3. The molecule has 19 heavy (non-hydrogen) atoms. The number of hydrogen-bond acceptors (Lipinski definition) is 5. The molecule has 0 saturated heterocycles. The van der Waals surface area contributed by atoms with E-state index in [4.69, 9.17) is 14.6 Å². The van der Waals surface area contributed by atoms with Crippen molar-refractivity contribution in [3.63, 3.8) is 0 Å². The minimum Gasteiger partial charge on any atom is -0.466 e. The van der Waals surface area contributed by atoms with Gasteiger partial charge in [-0.1, -0.05) is 6.92 Å². The smallest absolute Gasteiger partial charge is 0.311 e. The van der Waals surface area contributed by atoms with Crippen molar-refractivity contribution in [2.24, 2.45) is 10.8 Å². The van der Waals surface area contributed by atoms with Gasteiger partial charge >= 0.3 is 11.9 Å². The van der Waals surface area contributed by atoms with Crippen LogP contribution in [0.4, 0.5) is 0 Å². The van der Waals surface area contributed by atoms with E-state index in [2.05, 4.69) is 0 Å². The summed E-state index contributed by atoms with van der Waals surface area (Å²) >= 11 is 0. The van der Waals surface area contributed by atoms with Gasteiger partial charge in [-0.2, -0.15) is 0 Å². The topological polar surface area (TPSA) is 72.8 Å². The predicted octanol–water partition coefficient (Wildman–Crippen LogP) is 1.92. The summed E-state index contributed by atoms with van der Waals surface area (Å²) in [4.78, 5) is 23.9. The number of esters is 2. The number of ether oxygens (including phenoxy) is 2. The van der Waals surface area contributed by atoms with Crippen LogP contribution in [-0.4, -0.2) is 36.9 Å². The fourth-order valence-corrected chi connectivity index (χ4v) is 2.03. The molecule has 0 spiro atoms. The van der Waals surface area contributed by atoms with Gasteiger partial charge in [0.1, 0.15) is 6.61 Å². The predicted molar refractivity (Wildman–Crippen MR) is 71.5 cm³/mol. The summed E-state index contributed by atoms with van der Waals surface area (Å²) in [7, 11) is 0. The molecule has 5 heteroatoms. The van der Waals surface area contributed by atoms with Gasteiger partial charge in [0.05, 0.1) is 24.0 Å². The Bertz CT molecular complexity index is 311. The fourth-order valence-electron chi connectivity index (χ4n) is 2.03. The lowest BCUT2D eigenvalue weighted by atomic mass is 9.72. The summed E-state index contributed by atoms with van der Waals surface area (Å²) in [6.45, 7) is 9.02. The van der Waals surface area contributed by atoms with E-state index in [0.29, 0.717) is 19.4 Å². The van der Waals surface area contributed by atoms with Crippen LogP contribution in [0.3, 0.4) is 0 Å². The van der Waals surface area contributed by atoms with Gasteiger partial charge in [-0.3, -0.25) is 9.59 Å². The summed E-state index contributed by atoms with van der Waals surface area (Å²) in [6, 6.07) is 0. The van der Waals surface area contributed by atoms with Gasteiger partial charge in [-0.05, 0) is 40.5 Å². The van der Waals surface area contributed by atoms with Gasteiger partial charge in [0.2, 0.25) is 0 Å². The highest BCUT2D eigenvalue weighted by Crippen LogP contribution is 2.38. The zero-order chi connectivity index (χ0) is 15.1. The number of aliphatic hydroxyl groups excluding tert-OH is 1. The molecule has 0 aromatic rings. The van der Waals surface area contributed by atoms with Crippen molar-refractivity contribution in [1.29, 1.82) is 0 Å². The van der Waals surface area contributed by atoms with Crippen molar-refractivity contribution >= 4 is 11.9 Å². The Balaban J connectivity index is 4.85. The van der Waals surface area contributed by atoms with Gasteiger partial charge in [-0.15, -0.1) is 0 Å². The minimum atomic E-state index is -0.759. The Morgan fingerprint density at radius 1 is 1.05 bits per heavy atom. The van der Waals surface area contributed by atoms with E-state index in [0.717, 1.165) is 0 Å². The second-order valence-corrected chi connectivity index (χ2v) is 5.55. The molecule has 0 bridgehead atoms. The highest BCUT2D eigenvalue weighted by atomic mass is 16.5. The molecule has 0 rings (SSSR count). The number of carbonyl (C=O) groups excluding carboxylic acids is 2. The molecular weight excluding hydrogens is 248 g/mol. The number of aliphatic hydroxyl groups is 1. The van der Waals surface area contributed by atoms with E-state index in [1.165, 1.54) is 0 Å². The van der Waals surface area contributed by atoms with E-state index >= 15 is 0 Å². The first-order valence-electron chi connectivity index (χ1n) is 6.68. The summed E-state index contributed by atoms with van der Waals surface area (Å²) in [6.07, 6.45) is 0.902. The van der Waals surface area contributed by atoms with E-state index in [1.54, 1.807) is 27.7 Å². The zero-order valence-corrected chi connectivity index (χ0v) is 12.6. The minimum absolute atomic E-state index is 0.0196. The number of rotatable bonds is 8. The summed E-state index contributed by atoms with van der Waals surface area (Å²) < 4.78 is 10.0. The van der Waals surface area contributed by atoms with E-state index in [1.807, 2.05) is 6.92 Å². The van der Waals surface area contributed by atoms with Gasteiger partial charge < -0.3 is 14.6 Å². The first-order chi connectivity index (χ1) is 8.73. The Labute approximate surface area is 115 Å². The van der Waals surface area contributed by atoms with Crippen LogP contribution in [0.1, 0.15) is 47.5 Å². The maximum absolute atomic E-state index is 12.0. The maximum Gasteiger partial charge on any atom is 0.311 e. The Morgan fingerprint density at radius 3 is 2.05 bits per heavy atom. The number of hydrogen-bond donors (Lipinski definition) is 1. The summed E-state index contributed by atoms with van der Waals surface area (Å²) in [5.74, 6) is -0.703. The van der Waals surface area contributed by atoms with Crippen molar-refractivity contribution in [3.05, 3.63) is 0 Å². The Kier molecular flexibility index (Phi) is 7.05. The van der Waals surface area contributed by atoms with Gasteiger partial charge in [-0.25, -0.2) is 0 Å². The first-order valence-corrected chi connectivity index (χ1v) is 6.68. The van der Waals surface area contributed by atoms with Gasteiger partial charge in [0.15, 0.2) is 0 Å². The third-order valence-electron chi connectivity index (χ3n) is 3.26. The molecule has 0 aliphatic heterocycles. The second kappa shape index (κ2) is 7.48. The Hall–Kier alpha value is -1.10. The molecule has 0 aromatic heterocycles. The summed E-state index contributed by atoms with van der Waals surface area (Å²) in [5.41, 5.74) is -1.51. The molecule has 112 valence electrons. The average Bonchev–Trinajstić information content (AvgIpc) is 2.35. The molecule has 0 heterocycles. The van der Waals surface area contributed by atoms with Crippen LogP contribution in [0, 0.1) is 10.8 Å². The molecule has 0 saturated carbocycles. The quantitative estimate of drug-likeness (QED) is 0.685. The van der Waals surface area contributed by atoms with Gasteiger partial charge in [0, 0.05) is 0 Å². The third kappa shape index (κ3) is 5.19. The lowest BCUT2D eigenvalue weighted by molar-refractivity contribution is -0.163. The monoisotopic (exact) mass is 274 g/mol. The molecule has 1 atom stereocenters. The third-order valence-corrected chi connectivity index (χ3v) is 3.26. The molecule has 0 radical (unpaired) electrons. The van der Waals surface area contributed by atoms with Crippen molar-refractivity contribution in [2.75, 3.05) is 19.8 Å². The van der Waals surface area contributed by atoms with E-state index in [-0.39, 0.29) is 25.2 Å².